The van der Waals surface area contributed by atoms with Gasteiger partial charge in [-0.05, 0) is 26.8 Å². The standard InChI is InChI=1S/C14H17N3O3S/c1-8-16-11(7-21-8)9-4-10(15-6-9)13(20)17-14(2,3)5-12(18)19/h4,6-7,15H,5H2,1-3H3,(H,17,20)(H,18,19). The fraction of sp³-hybridized carbons (Fsp3) is 0.357. The average Bonchev–Trinajstić information content (AvgIpc) is 2.94. The number of thiazole rings is 1. The molecule has 112 valence electrons. The zero-order chi connectivity index (χ0) is 15.6. The van der Waals surface area contributed by atoms with Gasteiger partial charge in [0.05, 0.1) is 17.1 Å². The third-order valence-electron chi connectivity index (χ3n) is 2.89. The zero-order valence-corrected chi connectivity index (χ0v) is 12.9. The van der Waals surface area contributed by atoms with Crippen LogP contribution < -0.4 is 5.32 Å². The van der Waals surface area contributed by atoms with E-state index < -0.39 is 11.5 Å². The maximum atomic E-state index is 12.1. The van der Waals surface area contributed by atoms with Gasteiger partial charge in [0.15, 0.2) is 0 Å². The summed E-state index contributed by atoms with van der Waals surface area (Å²) in [6, 6.07) is 1.71. The predicted octanol–water partition coefficient (Wildman–Crippen LogP) is 2.43. The Bertz CT molecular complexity index is 673. The number of amides is 1. The topological polar surface area (TPSA) is 95.1 Å². The molecule has 0 aromatic carbocycles. The van der Waals surface area contributed by atoms with Crippen LogP contribution in [0.4, 0.5) is 0 Å². The molecule has 21 heavy (non-hydrogen) atoms. The Morgan fingerprint density at radius 2 is 2.19 bits per heavy atom. The highest BCUT2D eigenvalue weighted by Gasteiger charge is 2.25. The molecule has 0 saturated heterocycles. The molecule has 1 amide bonds. The van der Waals surface area contributed by atoms with E-state index >= 15 is 0 Å². The highest BCUT2D eigenvalue weighted by Crippen LogP contribution is 2.22. The summed E-state index contributed by atoms with van der Waals surface area (Å²) in [4.78, 5) is 30.1. The maximum absolute atomic E-state index is 12.1. The first kappa shape index (κ1) is 15.2. The minimum Gasteiger partial charge on any atom is -0.481 e. The van der Waals surface area contributed by atoms with Gasteiger partial charge in [0.25, 0.3) is 5.91 Å². The fourth-order valence-electron chi connectivity index (χ4n) is 1.97. The first-order chi connectivity index (χ1) is 9.77. The van der Waals surface area contributed by atoms with Gasteiger partial charge in [-0.3, -0.25) is 9.59 Å². The fourth-order valence-corrected chi connectivity index (χ4v) is 2.59. The Balaban J connectivity index is 2.10. The van der Waals surface area contributed by atoms with Crippen LogP contribution in [-0.2, 0) is 4.79 Å². The van der Waals surface area contributed by atoms with E-state index in [0.29, 0.717) is 5.69 Å². The lowest BCUT2D eigenvalue weighted by atomic mass is 10.0. The molecule has 2 heterocycles. The van der Waals surface area contributed by atoms with Gasteiger partial charge in [0, 0.05) is 22.7 Å². The molecule has 0 saturated carbocycles. The van der Waals surface area contributed by atoms with Gasteiger partial charge in [-0.25, -0.2) is 4.98 Å². The summed E-state index contributed by atoms with van der Waals surface area (Å²) in [6.45, 7) is 5.27. The van der Waals surface area contributed by atoms with Gasteiger partial charge in [-0.1, -0.05) is 0 Å². The Kier molecular flexibility index (Phi) is 4.13. The van der Waals surface area contributed by atoms with Crippen molar-refractivity contribution in [3.05, 3.63) is 28.3 Å². The summed E-state index contributed by atoms with van der Waals surface area (Å²) < 4.78 is 0. The number of aromatic amines is 1. The molecule has 0 spiro atoms. The van der Waals surface area contributed by atoms with E-state index in [2.05, 4.69) is 15.3 Å². The van der Waals surface area contributed by atoms with Crippen LogP contribution in [0.25, 0.3) is 11.3 Å². The lowest BCUT2D eigenvalue weighted by molar-refractivity contribution is -0.138. The van der Waals surface area contributed by atoms with E-state index in [9.17, 15) is 9.59 Å². The molecule has 7 heteroatoms. The number of carbonyl (C=O) groups excluding carboxylic acids is 1. The van der Waals surface area contributed by atoms with E-state index in [4.69, 9.17) is 5.11 Å². The van der Waals surface area contributed by atoms with E-state index in [1.165, 1.54) is 0 Å². The molecule has 2 aromatic heterocycles. The maximum Gasteiger partial charge on any atom is 0.305 e. The zero-order valence-electron chi connectivity index (χ0n) is 12.1. The van der Waals surface area contributed by atoms with Crippen molar-refractivity contribution in [1.82, 2.24) is 15.3 Å². The van der Waals surface area contributed by atoms with Crippen molar-refractivity contribution < 1.29 is 14.7 Å². The van der Waals surface area contributed by atoms with Gasteiger partial charge < -0.3 is 15.4 Å². The van der Waals surface area contributed by atoms with Crippen LogP contribution in [0, 0.1) is 6.92 Å². The predicted molar refractivity (Wildman–Crippen MR) is 80.4 cm³/mol. The van der Waals surface area contributed by atoms with Crippen molar-refractivity contribution in [2.24, 2.45) is 0 Å². The van der Waals surface area contributed by atoms with Gasteiger partial charge in [-0.15, -0.1) is 11.3 Å². The van der Waals surface area contributed by atoms with E-state index in [0.717, 1.165) is 16.3 Å². The highest BCUT2D eigenvalue weighted by molar-refractivity contribution is 7.09. The number of carboxylic acids is 1. The lowest BCUT2D eigenvalue weighted by Crippen LogP contribution is -2.45. The van der Waals surface area contributed by atoms with Crippen molar-refractivity contribution in [2.75, 3.05) is 0 Å². The molecule has 0 radical (unpaired) electrons. The quantitative estimate of drug-likeness (QED) is 0.790. The molecule has 0 aliphatic rings. The second kappa shape index (κ2) is 5.69. The molecule has 0 bridgehead atoms. The highest BCUT2D eigenvalue weighted by atomic mass is 32.1. The number of aryl methyl sites for hydroxylation is 1. The number of aliphatic carboxylic acids is 1. The molecule has 6 nitrogen and oxygen atoms in total. The van der Waals surface area contributed by atoms with Crippen molar-refractivity contribution >= 4 is 23.2 Å². The molecule has 0 fully saturated rings. The molecule has 2 aromatic rings. The van der Waals surface area contributed by atoms with E-state index in [1.807, 2.05) is 12.3 Å². The number of rotatable bonds is 5. The number of aromatic nitrogens is 2. The number of H-pyrrole nitrogens is 1. The third kappa shape index (κ3) is 3.91. The SMILES string of the molecule is Cc1nc(-c2c[nH]c(C(=O)NC(C)(C)CC(=O)O)c2)cs1. The Morgan fingerprint density at radius 1 is 1.48 bits per heavy atom. The van der Waals surface area contributed by atoms with Crippen LogP contribution in [0.5, 0.6) is 0 Å². The number of nitrogens with zero attached hydrogens (tertiary/aromatic N) is 1. The van der Waals surface area contributed by atoms with E-state index in [1.54, 1.807) is 37.4 Å². The summed E-state index contributed by atoms with van der Waals surface area (Å²) in [5, 5.41) is 14.4. The van der Waals surface area contributed by atoms with Crippen LogP contribution in [0.2, 0.25) is 0 Å². The van der Waals surface area contributed by atoms with Crippen molar-refractivity contribution in [3.63, 3.8) is 0 Å². The minimum absolute atomic E-state index is 0.141. The average molecular weight is 307 g/mol. The van der Waals surface area contributed by atoms with Gasteiger partial charge in [0.1, 0.15) is 5.69 Å². The van der Waals surface area contributed by atoms with Crippen LogP contribution in [0.15, 0.2) is 17.6 Å². The van der Waals surface area contributed by atoms with Crippen molar-refractivity contribution in [1.29, 1.82) is 0 Å². The Labute approximate surface area is 126 Å². The third-order valence-corrected chi connectivity index (χ3v) is 3.66. The lowest BCUT2D eigenvalue weighted by Gasteiger charge is -2.23. The van der Waals surface area contributed by atoms with Crippen LogP contribution >= 0.6 is 11.3 Å². The first-order valence-corrected chi connectivity index (χ1v) is 7.30. The minimum atomic E-state index is -0.953. The molecule has 0 aliphatic carbocycles. The normalized spacial score (nSPS) is 11.4. The second-order valence-corrected chi connectivity index (χ2v) is 6.52. The monoisotopic (exact) mass is 307 g/mol. The van der Waals surface area contributed by atoms with Crippen molar-refractivity contribution in [2.45, 2.75) is 32.7 Å². The van der Waals surface area contributed by atoms with Gasteiger partial charge in [-0.2, -0.15) is 0 Å². The summed E-state index contributed by atoms with van der Waals surface area (Å²) in [7, 11) is 0. The summed E-state index contributed by atoms with van der Waals surface area (Å²) in [5.41, 5.74) is 1.22. The molecule has 0 aliphatic heterocycles. The number of nitrogens with one attached hydrogen (secondary N) is 2. The number of carboxylic acid groups (broad SMARTS) is 1. The van der Waals surface area contributed by atoms with Gasteiger partial charge in [0.2, 0.25) is 0 Å². The Hall–Kier alpha value is -2.15. The molecule has 0 atom stereocenters. The van der Waals surface area contributed by atoms with Crippen LogP contribution in [-0.4, -0.2) is 32.5 Å². The van der Waals surface area contributed by atoms with E-state index in [-0.39, 0.29) is 12.3 Å². The molecule has 2 rings (SSSR count). The van der Waals surface area contributed by atoms with Crippen LogP contribution in [0.1, 0.15) is 35.8 Å². The Morgan fingerprint density at radius 3 is 2.76 bits per heavy atom. The number of hydrogen-bond donors (Lipinski definition) is 3. The summed E-state index contributed by atoms with van der Waals surface area (Å²) >= 11 is 1.54. The molecule has 0 unspecified atom stereocenters. The van der Waals surface area contributed by atoms with Crippen LogP contribution in [0.3, 0.4) is 0 Å². The van der Waals surface area contributed by atoms with Crippen molar-refractivity contribution in [3.8, 4) is 11.3 Å². The number of hydrogen-bond acceptors (Lipinski definition) is 4. The molecular weight excluding hydrogens is 290 g/mol. The second-order valence-electron chi connectivity index (χ2n) is 5.46. The summed E-state index contributed by atoms with van der Waals surface area (Å²) in [6.07, 6.45) is 1.57. The summed E-state index contributed by atoms with van der Waals surface area (Å²) in [5.74, 6) is -1.29. The first-order valence-electron chi connectivity index (χ1n) is 6.42. The number of carbonyl (C=O) groups is 2. The smallest absolute Gasteiger partial charge is 0.305 e. The molecule has 3 N–H and O–H groups in total. The van der Waals surface area contributed by atoms with Gasteiger partial charge >= 0.3 is 5.97 Å². The largest absolute Gasteiger partial charge is 0.481 e. The molecular formula is C14H17N3O3S.